The lowest BCUT2D eigenvalue weighted by molar-refractivity contribution is -0.112. The Morgan fingerprint density at radius 2 is 1.45 bits per heavy atom. The van der Waals surface area contributed by atoms with Gasteiger partial charge in [0.25, 0.3) is 5.91 Å². The minimum atomic E-state index is -0.510. The predicted molar refractivity (Wildman–Crippen MR) is 165 cm³/mol. The van der Waals surface area contributed by atoms with Crippen LogP contribution in [0, 0.1) is 28.7 Å². The van der Waals surface area contributed by atoms with E-state index in [1.54, 1.807) is 37.4 Å². The van der Waals surface area contributed by atoms with Crippen molar-refractivity contribution in [2.45, 2.75) is 27.1 Å². The number of rotatable bonds is 10. The summed E-state index contributed by atoms with van der Waals surface area (Å²) >= 11 is 2.16. The molecule has 0 aliphatic carbocycles. The van der Waals surface area contributed by atoms with Gasteiger partial charge in [0.1, 0.15) is 30.6 Å². The third kappa shape index (κ3) is 7.87. The summed E-state index contributed by atoms with van der Waals surface area (Å²) in [5, 5.41) is 12.5. The normalized spacial score (nSPS) is 10.9. The van der Waals surface area contributed by atoms with Gasteiger partial charge in [0.2, 0.25) is 0 Å². The molecule has 4 aromatic carbocycles. The second kappa shape index (κ2) is 13.7. The number of hydrogen-bond donors (Lipinski definition) is 1. The van der Waals surface area contributed by atoms with Crippen molar-refractivity contribution in [1.82, 2.24) is 0 Å². The van der Waals surface area contributed by atoms with Gasteiger partial charge in [-0.1, -0.05) is 59.7 Å². The highest BCUT2D eigenvalue weighted by Gasteiger charge is 2.14. The molecule has 0 heterocycles. The minimum absolute atomic E-state index is 0.0362. The van der Waals surface area contributed by atoms with E-state index >= 15 is 0 Å². The smallest absolute Gasteiger partial charge is 0.266 e. The van der Waals surface area contributed by atoms with Crippen LogP contribution in [0.25, 0.3) is 6.08 Å². The second-order valence-electron chi connectivity index (χ2n) is 9.23. The molecule has 0 unspecified atom stereocenters. The van der Waals surface area contributed by atoms with Crippen LogP contribution in [0.5, 0.6) is 17.2 Å². The van der Waals surface area contributed by atoms with Crippen LogP contribution < -0.4 is 19.5 Å². The van der Waals surface area contributed by atoms with Crippen LogP contribution in [-0.4, -0.2) is 13.0 Å². The Labute approximate surface area is 248 Å². The van der Waals surface area contributed by atoms with Crippen molar-refractivity contribution in [3.05, 3.63) is 122 Å². The van der Waals surface area contributed by atoms with Gasteiger partial charge in [-0.25, -0.2) is 0 Å². The number of nitrogens with one attached hydrogen (secondary N) is 1. The molecule has 0 aliphatic rings. The molecule has 0 aliphatic heterocycles. The Morgan fingerprint density at radius 3 is 2.00 bits per heavy atom. The molecule has 0 atom stereocenters. The molecule has 1 amide bonds. The molecule has 40 heavy (non-hydrogen) atoms. The van der Waals surface area contributed by atoms with E-state index in [4.69, 9.17) is 14.2 Å². The molecule has 4 rings (SSSR count). The van der Waals surface area contributed by atoms with Crippen LogP contribution in [0.1, 0.15) is 27.8 Å². The van der Waals surface area contributed by atoms with Gasteiger partial charge in [0.15, 0.2) is 11.5 Å². The average molecular weight is 645 g/mol. The number of nitrogens with zero attached hydrogens (tertiary/aromatic N) is 1. The first-order chi connectivity index (χ1) is 19.3. The van der Waals surface area contributed by atoms with Crippen LogP contribution in [0.4, 0.5) is 5.69 Å². The summed E-state index contributed by atoms with van der Waals surface area (Å²) in [5.41, 5.74) is 5.67. The molecule has 1 N–H and O–H groups in total. The van der Waals surface area contributed by atoms with E-state index in [2.05, 4.69) is 27.9 Å². The molecular formula is C33H29IN2O4. The quantitative estimate of drug-likeness (QED) is 0.109. The van der Waals surface area contributed by atoms with Crippen molar-refractivity contribution >= 4 is 40.3 Å². The number of carbonyl (C=O) groups is 1. The number of benzene rings is 4. The van der Waals surface area contributed by atoms with Gasteiger partial charge in [-0.3, -0.25) is 4.79 Å². The molecule has 6 nitrogen and oxygen atoms in total. The molecule has 0 aromatic heterocycles. The van der Waals surface area contributed by atoms with Gasteiger partial charge in [0, 0.05) is 5.69 Å². The zero-order valence-corrected chi connectivity index (χ0v) is 24.7. The van der Waals surface area contributed by atoms with Crippen LogP contribution in [0.2, 0.25) is 0 Å². The number of methoxy groups -OCH3 is 1. The Hall–Kier alpha value is -4.29. The van der Waals surface area contributed by atoms with Gasteiger partial charge >= 0.3 is 0 Å². The fourth-order valence-corrected chi connectivity index (χ4v) is 4.58. The first-order valence-electron chi connectivity index (χ1n) is 12.6. The van der Waals surface area contributed by atoms with Crippen molar-refractivity contribution in [3.63, 3.8) is 0 Å². The summed E-state index contributed by atoms with van der Waals surface area (Å²) in [6.45, 7) is 4.92. The molecule has 0 saturated carbocycles. The number of hydrogen-bond acceptors (Lipinski definition) is 5. The Morgan fingerprint density at radius 1 is 0.875 bits per heavy atom. The molecule has 0 bridgehead atoms. The van der Waals surface area contributed by atoms with Crippen LogP contribution >= 0.6 is 22.6 Å². The summed E-state index contributed by atoms with van der Waals surface area (Å²) < 4.78 is 18.2. The lowest BCUT2D eigenvalue weighted by Gasteiger charge is -2.14. The van der Waals surface area contributed by atoms with Crippen molar-refractivity contribution in [3.8, 4) is 23.3 Å². The fourth-order valence-electron chi connectivity index (χ4n) is 3.80. The maximum atomic E-state index is 12.9. The predicted octanol–water partition coefficient (Wildman–Crippen LogP) is 7.62. The maximum absolute atomic E-state index is 12.9. The Balaban J connectivity index is 1.41. The van der Waals surface area contributed by atoms with Gasteiger partial charge in [-0.15, -0.1) is 0 Å². The Bertz CT molecular complexity index is 1540. The maximum Gasteiger partial charge on any atom is 0.266 e. The van der Waals surface area contributed by atoms with Crippen molar-refractivity contribution in [2.75, 3.05) is 12.4 Å². The number of carbonyl (C=O) groups excluding carboxylic acids is 1. The van der Waals surface area contributed by atoms with Gasteiger partial charge < -0.3 is 19.5 Å². The lowest BCUT2D eigenvalue weighted by Crippen LogP contribution is -2.13. The first-order valence-corrected chi connectivity index (χ1v) is 13.7. The average Bonchev–Trinajstić information content (AvgIpc) is 2.96. The fraction of sp³-hybridized carbons (Fsp3) is 0.152. The number of halogens is 1. The van der Waals surface area contributed by atoms with Crippen molar-refractivity contribution in [1.29, 1.82) is 5.26 Å². The highest BCUT2D eigenvalue weighted by molar-refractivity contribution is 14.1. The van der Waals surface area contributed by atoms with Gasteiger partial charge in [-0.05, 0) is 95.6 Å². The SMILES string of the molecule is COc1cc(/C=C(\C#N)C(=O)Nc2ccc(OCc3ccc(C)cc3)cc2)cc(I)c1OCc1ccc(C)cc1. The standard InChI is InChI=1S/C33H29IN2O4/c1-22-4-8-24(9-5-22)20-39-29-14-12-28(13-15-29)36-33(37)27(19-35)16-26-17-30(34)32(31(18-26)38-3)40-21-25-10-6-23(2)7-11-25/h4-18H,20-21H2,1-3H3,(H,36,37)/b27-16+. The molecule has 4 aromatic rings. The number of amides is 1. The third-order valence-electron chi connectivity index (χ3n) is 6.07. The van der Waals surface area contributed by atoms with Crippen LogP contribution in [-0.2, 0) is 18.0 Å². The van der Waals surface area contributed by atoms with Gasteiger partial charge in [0.05, 0.1) is 10.7 Å². The van der Waals surface area contributed by atoms with Crippen LogP contribution in [0.15, 0.2) is 90.5 Å². The largest absolute Gasteiger partial charge is 0.493 e. The van der Waals surface area contributed by atoms with E-state index in [-0.39, 0.29) is 5.57 Å². The summed E-state index contributed by atoms with van der Waals surface area (Å²) in [4.78, 5) is 12.9. The van der Waals surface area contributed by atoms with Crippen LogP contribution in [0.3, 0.4) is 0 Å². The molecule has 0 spiro atoms. The summed E-state index contributed by atoms with van der Waals surface area (Å²) in [6, 6.07) is 28.9. The minimum Gasteiger partial charge on any atom is -0.493 e. The van der Waals surface area contributed by atoms with E-state index in [9.17, 15) is 10.1 Å². The summed E-state index contributed by atoms with van der Waals surface area (Å²) in [6.07, 6.45) is 1.53. The molecule has 202 valence electrons. The third-order valence-corrected chi connectivity index (χ3v) is 6.87. The summed E-state index contributed by atoms with van der Waals surface area (Å²) in [5.74, 6) is 1.29. The molecule has 0 fully saturated rings. The lowest BCUT2D eigenvalue weighted by atomic mass is 10.1. The van der Waals surface area contributed by atoms with E-state index in [0.29, 0.717) is 41.7 Å². The number of aryl methyl sites for hydroxylation is 2. The van der Waals surface area contributed by atoms with Crippen molar-refractivity contribution < 1.29 is 19.0 Å². The van der Waals surface area contributed by atoms with E-state index < -0.39 is 5.91 Å². The zero-order chi connectivity index (χ0) is 28.5. The van der Waals surface area contributed by atoms with E-state index in [1.807, 2.05) is 74.5 Å². The molecule has 0 saturated heterocycles. The molecular weight excluding hydrogens is 615 g/mol. The number of nitriles is 1. The van der Waals surface area contributed by atoms with E-state index in [1.165, 1.54) is 17.2 Å². The molecule has 7 heteroatoms. The summed E-state index contributed by atoms with van der Waals surface area (Å²) in [7, 11) is 1.56. The highest BCUT2D eigenvalue weighted by Crippen LogP contribution is 2.35. The van der Waals surface area contributed by atoms with Crippen molar-refractivity contribution in [2.24, 2.45) is 0 Å². The van der Waals surface area contributed by atoms with E-state index in [0.717, 1.165) is 14.7 Å². The number of ether oxygens (including phenoxy) is 3. The number of anilines is 1. The monoisotopic (exact) mass is 644 g/mol. The zero-order valence-electron chi connectivity index (χ0n) is 22.5. The molecule has 0 radical (unpaired) electrons. The highest BCUT2D eigenvalue weighted by atomic mass is 127. The second-order valence-corrected chi connectivity index (χ2v) is 10.4. The van der Waals surface area contributed by atoms with Gasteiger partial charge in [-0.2, -0.15) is 5.26 Å². The Kier molecular flexibility index (Phi) is 9.81. The topological polar surface area (TPSA) is 80.6 Å². The first kappa shape index (κ1) is 28.7.